The molecule has 0 spiro atoms. The molecule has 1 amide bonds. The lowest BCUT2D eigenvalue weighted by atomic mass is 9.86. The van der Waals surface area contributed by atoms with Gasteiger partial charge in [0.05, 0.1) is 19.6 Å². The maximum atomic E-state index is 12.9. The Bertz CT molecular complexity index is 833. The van der Waals surface area contributed by atoms with Crippen LogP contribution in [-0.4, -0.2) is 38.2 Å². The Morgan fingerprint density at radius 1 is 1.04 bits per heavy atom. The molecule has 0 saturated carbocycles. The van der Waals surface area contributed by atoms with Gasteiger partial charge in [0.2, 0.25) is 0 Å². The first-order chi connectivity index (χ1) is 13.5. The van der Waals surface area contributed by atoms with E-state index in [0.29, 0.717) is 18.8 Å². The molecule has 148 valence electrons. The zero-order valence-electron chi connectivity index (χ0n) is 16.4. The summed E-state index contributed by atoms with van der Waals surface area (Å²) < 4.78 is 16.0. The third-order valence-electron chi connectivity index (χ3n) is 4.84. The number of benzene rings is 2. The number of rotatable bonds is 6. The van der Waals surface area contributed by atoms with Crippen LogP contribution < -0.4 is 14.4 Å². The van der Waals surface area contributed by atoms with Crippen molar-refractivity contribution in [1.29, 1.82) is 0 Å². The quantitative estimate of drug-likeness (QED) is 0.714. The summed E-state index contributed by atoms with van der Waals surface area (Å²) in [5.41, 5.74) is 1.54. The summed E-state index contributed by atoms with van der Waals surface area (Å²) in [5.74, 6) is 0.553. The van der Waals surface area contributed by atoms with Crippen LogP contribution in [0.15, 0.2) is 48.5 Å². The van der Waals surface area contributed by atoms with Crippen LogP contribution in [0.2, 0.25) is 0 Å². The maximum absolute atomic E-state index is 12.9. The summed E-state index contributed by atoms with van der Waals surface area (Å²) in [4.78, 5) is 26.8. The summed E-state index contributed by atoms with van der Waals surface area (Å²) in [6.07, 6.45) is 0.512. The fourth-order valence-corrected chi connectivity index (χ4v) is 3.57. The molecular weight excluding hydrogens is 358 g/mol. The van der Waals surface area contributed by atoms with Crippen LogP contribution in [-0.2, 0) is 14.3 Å². The number of carbonyl (C=O) groups excluding carboxylic acids is 2. The summed E-state index contributed by atoms with van der Waals surface area (Å²) in [5, 5.41) is 0. The van der Waals surface area contributed by atoms with E-state index in [4.69, 9.17) is 14.2 Å². The van der Waals surface area contributed by atoms with Crippen molar-refractivity contribution in [2.75, 3.05) is 25.2 Å². The molecule has 0 radical (unpaired) electrons. The molecule has 2 atom stereocenters. The molecule has 0 aromatic heterocycles. The molecular formula is C22H25NO5. The van der Waals surface area contributed by atoms with Gasteiger partial charge < -0.3 is 19.1 Å². The van der Waals surface area contributed by atoms with E-state index in [1.165, 1.54) is 7.11 Å². The van der Waals surface area contributed by atoms with Gasteiger partial charge in [-0.3, -0.25) is 9.59 Å². The van der Waals surface area contributed by atoms with Gasteiger partial charge in [-0.1, -0.05) is 18.2 Å². The van der Waals surface area contributed by atoms with Crippen LogP contribution in [0.1, 0.15) is 31.7 Å². The van der Waals surface area contributed by atoms with Crippen LogP contribution in [0.25, 0.3) is 0 Å². The van der Waals surface area contributed by atoms with Gasteiger partial charge in [-0.25, -0.2) is 0 Å². The summed E-state index contributed by atoms with van der Waals surface area (Å²) in [6.45, 7) is 4.36. The number of fused-ring (bicyclic) bond motifs is 1. The first-order valence-electron chi connectivity index (χ1n) is 9.39. The molecule has 6 nitrogen and oxygen atoms in total. The fraction of sp³-hybridized carbons (Fsp3) is 0.364. The van der Waals surface area contributed by atoms with Crippen molar-refractivity contribution in [3.63, 3.8) is 0 Å². The number of hydrogen-bond donors (Lipinski definition) is 0. The average molecular weight is 383 g/mol. The lowest BCUT2D eigenvalue weighted by Gasteiger charge is -2.38. The molecule has 0 N–H and O–H groups in total. The SMILES string of the molecule is CCOc1ccc(OCC(=O)N2c3ccccc3C(C(=O)OC)CC2C)cc1. The normalized spacial score (nSPS) is 18.2. The van der Waals surface area contributed by atoms with Gasteiger partial charge in [0.15, 0.2) is 6.61 Å². The number of anilines is 1. The van der Waals surface area contributed by atoms with E-state index in [-0.39, 0.29) is 30.4 Å². The van der Waals surface area contributed by atoms with Crippen molar-refractivity contribution in [2.45, 2.75) is 32.2 Å². The molecule has 3 rings (SSSR count). The molecule has 6 heteroatoms. The number of hydrogen-bond acceptors (Lipinski definition) is 5. The number of methoxy groups -OCH3 is 1. The van der Waals surface area contributed by atoms with E-state index in [2.05, 4.69) is 0 Å². The zero-order valence-corrected chi connectivity index (χ0v) is 16.4. The molecule has 2 aromatic carbocycles. The maximum Gasteiger partial charge on any atom is 0.313 e. The van der Waals surface area contributed by atoms with Crippen LogP contribution in [0.3, 0.4) is 0 Å². The lowest BCUT2D eigenvalue weighted by molar-refractivity contribution is -0.143. The summed E-state index contributed by atoms with van der Waals surface area (Å²) >= 11 is 0. The molecule has 1 aliphatic rings. The Hall–Kier alpha value is -3.02. The predicted octanol–water partition coefficient (Wildman–Crippen LogP) is 3.55. The highest BCUT2D eigenvalue weighted by Gasteiger charge is 2.37. The molecule has 1 aliphatic heterocycles. The Labute approximate surface area is 165 Å². The molecule has 0 saturated heterocycles. The van der Waals surface area contributed by atoms with Gasteiger partial charge in [-0.05, 0) is 56.2 Å². The highest BCUT2D eigenvalue weighted by molar-refractivity contribution is 5.98. The summed E-state index contributed by atoms with van der Waals surface area (Å²) in [7, 11) is 1.39. The zero-order chi connectivity index (χ0) is 20.1. The number of carbonyl (C=O) groups is 2. The molecule has 0 aliphatic carbocycles. The van der Waals surface area contributed by atoms with Gasteiger partial charge in [-0.2, -0.15) is 0 Å². The Balaban J connectivity index is 1.74. The van der Waals surface area contributed by atoms with Gasteiger partial charge in [0.1, 0.15) is 11.5 Å². The summed E-state index contributed by atoms with van der Waals surface area (Å²) in [6, 6.07) is 14.5. The molecule has 1 heterocycles. The first-order valence-corrected chi connectivity index (χ1v) is 9.39. The third-order valence-corrected chi connectivity index (χ3v) is 4.84. The second-order valence-electron chi connectivity index (χ2n) is 6.68. The van der Waals surface area contributed by atoms with E-state index in [1.807, 2.05) is 50.2 Å². The molecule has 0 fully saturated rings. The highest BCUT2D eigenvalue weighted by Crippen LogP contribution is 2.39. The van der Waals surface area contributed by atoms with Gasteiger partial charge in [0, 0.05) is 11.7 Å². The largest absolute Gasteiger partial charge is 0.494 e. The van der Waals surface area contributed by atoms with Crippen LogP contribution in [0.4, 0.5) is 5.69 Å². The molecule has 2 aromatic rings. The Kier molecular flexibility index (Phi) is 6.19. The average Bonchev–Trinajstić information content (AvgIpc) is 2.72. The van der Waals surface area contributed by atoms with Crippen molar-refractivity contribution >= 4 is 17.6 Å². The Morgan fingerprint density at radius 3 is 2.32 bits per heavy atom. The van der Waals surface area contributed by atoms with Crippen molar-refractivity contribution in [3.8, 4) is 11.5 Å². The smallest absolute Gasteiger partial charge is 0.313 e. The van der Waals surface area contributed by atoms with Crippen LogP contribution in [0.5, 0.6) is 11.5 Å². The van der Waals surface area contributed by atoms with Crippen molar-refractivity contribution in [3.05, 3.63) is 54.1 Å². The van der Waals surface area contributed by atoms with E-state index in [0.717, 1.165) is 17.0 Å². The van der Waals surface area contributed by atoms with Crippen molar-refractivity contribution in [2.24, 2.45) is 0 Å². The van der Waals surface area contributed by atoms with Crippen molar-refractivity contribution in [1.82, 2.24) is 0 Å². The Morgan fingerprint density at radius 2 is 1.68 bits per heavy atom. The molecule has 2 unspecified atom stereocenters. The minimum absolute atomic E-state index is 0.0878. The predicted molar refractivity (Wildman–Crippen MR) is 106 cm³/mol. The van der Waals surface area contributed by atoms with E-state index in [9.17, 15) is 9.59 Å². The molecule has 28 heavy (non-hydrogen) atoms. The number of para-hydroxylation sites is 1. The highest BCUT2D eigenvalue weighted by atomic mass is 16.5. The minimum Gasteiger partial charge on any atom is -0.494 e. The third kappa shape index (κ3) is 4.11. The fourth-order valence-electron chi connectivity index (χ4n) is 3.57. The lowest BCUT2D eigenvalue weighted by Crippen LogP contribution is -2.46. The van der Waals surface area contributed by atoms with Gasteiger partial charge in [-0.15, -0.1) is 0 Å². The number of esters is 1. The van der Waals surface area contributed by atoms with Crippen molar-refractivity contribution < 1.29 is 23.8 Å². The number of amides is 1. The van der Waals surface area contributed by atoms with E-state index < -0.39 is 0 Å². The second kappa shape index (κ2) is 8.78. The second-order valence-corrected chi connectivity index (χ2v) is 6.68. The van der Waals surface area contributed by atoms with Crippen LogP contribution in [0, 0.1) is 0 Å². The van der Waals surface area contributed by atoms with E-state index >= 15 is 0 Å². The van der Waals surface area contributed by atoms with Crippen LogP contribution >= 0.6 is 0 Å². The molecule has 0 bridgehead atoms. The number of nitrogens with zero attached hydrogens (tertiary/aromatic N) is 1. The minimum atomic E-state index is -0.368. The topological polar surface area (TPSA) is 65.1 Å². The first kappa shape index (κ1) is 19.7. The monoisotopic (exact) mass is 383 g/mol. The number of ether oxygens (including phenoxy) is 3. The van der Waals surface area contributed by atoms with Gasteiger partial charge in [0.25, 0.3) is 5.91 Å². The van der Waals surface area contributed by atoms with E-state index in [1.54, 1.807) is 17.0 Å². The van der Waals surface area contributed by atoms with Gasteiger partial charge >= 0.3 is 5.97 Å². The standard InChI is InChI=1S/C22H25NO5/c1-4-27-16-9-11-17(12-10-16)28-14-21(24)23-15(2)13-19(22(25)26-3)18-7-5-6-8-20(18)23/h5-12,15,19H,4,13-14H2,1-3H3.